The molecule has 0 unspecified atom stereocenters. The summed E-state index contributed by atoms with van der Waals surface area (Å²) in [6.45, 7) is 2.51. The molecular formula is C19H26IN3O3. The predicted octanol–water partition coefficient (Wildman–Crippen LogP) is 3.82. The molecule has 0 saturated carbocycles. The Morgan fingerprint density at radius 2 is 1.54 bits per heavy atom. The molecule has 0 fully saturated rings. The smallest absolute Gasteiger partial charge is 0.203 e. The van der Waals surface area contributed by atoms with Gasteiger partial charge in [0.05, 0.1) is 27.9 Å². The number of rotatable bonds is 7. The number of aryl methyl sites for hydroxylation is 1. The van der Waals surface area contributed by atoms with E-state index in [1.54, 1.807) is 21.3 Å². The van der Waals surface area contributed by atoms with Crippen molar-refractivity contribution in [2.24, 2.45) is 10.7 Å². The van der Waals surface area contributed by atoms with Crippen LogP contribution in [-0.2, 0) is 13.0 Å². The Labute approximate surface area is 171 Å². The molecule has 0 heterocycles. The third-order valence-corrected chi connectivity index (χ3v) is 3.79. The van der Waals surface area contributed by atoms with Crippen LogP contribution in [0.25, 0.3) is 0 Å². The van der Waals surface area contributed by atoms with Gasteiger partial charge in [0.25, 0.3) is 0 Å². The molecule has 0 aliphatic carbocycles. The lowest BCUT2D eigenvalue weighted by atomic mass is 10.1. The summed E-state index contributed by atoms with van der Waals surface area (Å²) in [4.78, 5) is 4.37. The molecule has 0 saturated heterocycles. The second kappa shape index (κ2) is 10.7. The van der Waals surface area contributed by atoms with Crippen molar-refractivity contribution in [2.75, 3.05) is 26.6 Å². The van der Waals surface area contributed by atoms with Gasteiger partial charge >= 0.3 is 0 Å². The highest BCUT2D eigenvalue weighted by atomic mass is 127. The van der Waals surface area contributed by atoms with Crippen molar-refractivity contribution < 1.29 is 14.2 Å². The lowest BCUT2D eigenvalue weighted by molar-refractivity contribution is 0.324. The fraction of sp³-hybridized carbons (Fsp3) is 0.316. The molecule has 2 aromatic rings. The second-order valence-corrected chi connectivity index (χ2v) is 5.41. The first-order chi connectivity index (χ1) is 12.1. The van der Waals surface area contributed by atoms with Gasteiger partial charge in [-0.3, -0.25) is 0 Å². The van der Waals surface area contributed by atoms with E-state index in [1.165, 1.54) is 5.56 Å². The highest BCUT2D eigenvalue weighted by Crippen LogP contribution is 2.38. The predicted molar refractivity (Wildman–Crippen MR) is 116 cm³/mol. The minimum Gasteiger partial charge on any atom is -0.493 e. The number of ether oxygens (including phenoxy) is 3. The van der Waals surface area contributed by atoms with Gasteiger partial charge in [0.2, 0.25) is 5.75 Å². The van der Waals surface area contributed by atoms with Crippen LogP contribution in [0.3, 0.4) is 0 Å². The number of hydrogen-bond donors (Lipinski definition) is 2. The number of halogens is 1. The zero-order valence-corrected chi connectivity index (χ0v) is 17.9. The maximum Gasteiger partial charge on any atom is 0.203 e. The van der Waals surface area contributed by atoms with Crippen LogP contribution in [0.5, 0.6) is 17.2 Å². The van der Waals surface area contributed by atoms with Gasteiger partial charge in [-0.25, -0.2) is 4.99 Å². The minimum absolute atomic E-state index is 0. The van der Waals surface area contributed by atoms with Gasteiger partial charge in [0.1, 0.15) is 0 Å². The number of benzene rings is 2. The Bertz CT molecular complexity index is 708. The lowest BCUT2D eigenvalue weighted by Crippen LogP contribution is -2.22. The van der Waals surface area contributed by atoms with Crippen LogP contribution in [0.15, 0.2) is 41.4 Å². The molecular weight excluding hydrogens is 445 g/mol. The summed E-state index contributed by atoms with van der Waals surface area (Å²) in [5, 5.41) is 3.08. The zero-order valence-electron chi connectivity index (χ0n) is 15.5. The number of methoxy groups -OCH3 is 3. The first-order valence-corrected chi connectivity index (χ1v) is 8.06. The molecule has 0 amide bonds. The molecule has 26 heavy (non-hydrogen) atoms. The monoisotopic (exact) mass is 471 g/mol. The molecule has 0 radical (unpaired) electrons. The van der Waals surface area contributed by atoms with Crippen molar-refractivity contribution in [1.82, 2.24) is 0 Å². The van der Waals surface area contributed by atoms with Gasteiger partial charge in [-0.2, -0.15) is 0 Å². The van der Waals surface area contributed by atoms with Gasteiger partial charge in [-0.15, -0.1) is 24.0 Å². The van der Waals surface area contributed by atoms with Crippen molar-refractivity contribution in [1.29, 1.82) is 0 Å². The molecule has 6 nitrogen and oxygen atoms in total. The number of aliphatic imine (C=N–C) groups is 1. The summed E-state index contributed by atoms with van der Waals surface area (Å²) in [5.41, 5.74) is 9.06. The van der Waals surface area contributed by atoms with Gasteiger partial charge in [-0.05, 0) is 41.8 Å². The number of nitrogens with two attached hydrogens (primary N) is 1. The molecule has 142 valence electrons. The Morgan fingerprint density at radius 3 is 2.00 bits per heavy atom. The number of guanidine groups is 1. The third-order valence-electron chi connectivity index (χ3n) is 3.79. The van der Waals surface area contributed by atoms with E-state index in [9.17, 15) is 0 Å². The SMILES string of the molecule is CCc1ccc(NC(N)=NCc2cc(OC)c(OC)c(OC)c2)cc1.I. The van der Waals surface area contributed by atoms with Crippen molar-refractivity contribution in [3.05, 3.63) is 47.5 Å². The van der Waals surface area contributed by atoms with Gasteiger partial charge in [0.15, 0.2) is 17.5 Å². The summed E-state index contributed by atoms with van der Waals surface area (Å²) < 4.78 is 16.0. The topological polar surface area (TPSA) is 78.1 Å². The third kappa shape index (κ3) is 5.69. The van der Waals surface area contributed by atoms with Gasteiger partial charge < -0.3 is 25.3 Å². The first kappa shape index (κ1) is 21.9. The van der Waals surface area contributed by atoms with Crippen LogP contribution in [-0.4, -0.2) is 27.3 Å². The summed E-state index contributed by atoms with van der Waals surface area (Å²) in [6, 6.07) is 11.8. The molecule has 0 atom stereocenters. The average Bonchev–Trinajstić information content (AvgIpc) is 2.65. The van der Waals surface area contributed by atoms with Crippen molar-refractivity contribution >= 4 is 35.6 Å². The molecule has 0 bridgehead atoms. The Balaban J connectivity index is 0.00000338. The lowest BCUT2D eigenvalue weighted by Gasteiger charge is -2.13. The van der Waals surface area contributed by atoms with E-state index in [2.05, 4.69) is 29.4 Å². The molecule has 0 aliphatic heterocycles. The molecule has 2 aromatic carbocycles. The van der Waals surface area contributed by atoms with Crippen molar-refractivity contribution in [3.8, 4) is 17.2 Å². The largest absolute Gasteiger partial charge is 0.493 e. The van der Waals surface area contributed by atoms with Crippen LogP contribution in [0.2, 0.25) is 0 Å². The number of anilines is 1. The molecule has 0 aliphatic rings. The Kier molecular flexibility index (Phi) is 9.04. The van der Waals surface area contributed by atoms with Gasteiger partial charge in [0, 0.05) is 5.69 Å². The van der Waals surface area contributed by atoms with Crippen LogP contribution in [0.1, 0.15) is 18.1 Å². The highest BCUT2D eigenvalue weighted by Gasteiger charge is 2.12. The molecule has 3 N–H and O–H groups in total. The number of hydrogen-bond acceptors (Lipinski definition) is 4. The van der Waals surface area contributed by atoms with Crippen molar-refractivity contribution in [3.63, 3.8) is 0 Å². The normalized spacial score (nSPS) is 10.7. The Hall–Kier alpha value is -2.16. The summed E-state index contributed by atoms with van der Waals surface area (Å²) >= 11 is 0. The van der Waals surface area contributed by atoms with E-state index < -0.39 is 0 Å². The number of nitrogens with zero attached hydrogens (tertiary/aromatic N) is 1. The summed E-state index contributed by atoms with van der Waals surface area (Å²) in [7, 11) is 4.74. The zero-order chi connectivity index (χ0) is 18.2. The maximum atomic E-state index is 5.97. The van der Waals surface area contributed by atoms with E-state index >= 15 is 0 Å². The molecule has 2 rings (SSSR count). The van der Waals surface area contributed by atoms with Crippen LogP contribution >= 0.6 is 24.0 Å². The van der Waals surface area contributed by atoms with E-state index in [4.69, 9.17) is 19.9 Å². The van der Waals surface area contributed by atoms with Crippen LogP contribution < -0.4 is 25.3 Å². The Morgan fingerprint density at radius 1 is 0.962 bits per heavy atom. The average molecular weight is 471 g/mol. The standard InChI is InChI=1S/C19H25N3O3.HI/c1-5-13-6-8-15(9-7-13)22-19(20)21-12-14-10-16(23-2)18(25-4)17(11-14)24-3;/h6-11H,5,12H2,1-4H3,(H3,20,21,22);1H. The fourth-order valence-corrected chi connectivity index (χ4v) is 2.41. The molecule has 0 aromatic heterocycles. The van der Waals surface area contributed by atoms with E-state index in [0.29, 0.717) is 29.8 Å². The molecule has 0 spiro atoms. The highest BCUT2D eigenvalue weighted by molar-refractivity contribution is 14.0. The van der Waals surface area contributed by atoms with Crippen LogP contribution in [0, 0.1) is 0 Å². The summed E-state index contributed by atoms with van der Waals surface area (Å²) in [5.74, 6) is 2.08. The number of nitrogens with one attached hydrogen (secondary N) is 1. The molecule has 7 heteroatoms. The second-order valence-electron chi connectivity index (χ2n) is 5.41. The van der Waals surface area contributed by atoms with E-state index in [1.807, 2.05) is 24.3 Å². The first-order valence-electron chi connectivity index (χ1n) is 8.06. The van der Waals surface area contributed by atoms with Crippen LogP contribution in [0.4, 0.5) is 5.69 Å². The van der Waals surface area contributed by atoms with E-state index in [0.717, 1.165) is 17.7 Å². The van der Waals surface area contributed by atoms with Crippen molar-refractivity contribution in [2.45, 2.75) is 19.9 Å². The summed E-state index contributed by atoms with van der Waals surface area (Å²) in [6.07, 6.45) is 1.00. The minimum atomic E-state index is 0. The fourth-order valence-electron chi connectivity index (χ4n) is 2.41. The maximum absolute atomic E-state index is 5.97. The quantitative estimate of drug-likeness (QED) is 0.365. The van der Waals surface area contributed by atoms with Gasteiger partial charge in [-0.1, -0.05) is 19.1 Å². The van der Waals surface area contributed by atoms with E-state index in [-0.39, 0.29) is 24.0 Å².